The van der Waals surface area contributed by atoms with Crippen LogP contribution in [0.2, 0.25) is 0 Å². The van der Waals surface area contributed by atoms with E-state index in [9.17, 15) is 15.0 Å². The number of aliphatic hydroxyl groups excluding tert-OH is 1. The van der Waals surface area contributed by atoms with Gasteiger partial charge in [-0.05, 0) is 47.9 Å². The second-order valence-corrected chi connectivity index (χ2v) is 6.29. The Hall–Kier alpha value is -3.19. The number of benzene rings is 2. The summed E-state index contributed by atoms with van der Waals surface area (Å²) in [6, 6.07) is 10.7. The number of rotatable bonds is 6. The largest absolute Gasteiger partial charge is 0.478 e. The second kappa shape index (κ2) is 7.20. The Morgan fingerprint density at radius 2 is 1.59 bits per heavy atom. The van der Waals surface area contributed by atoms with E-state index in [2.05, 4.69) is 0 Å². The lowest BCUT2D eigenvalue weighted by molar-refractivity contribution is -0.133. The molecule has 0 bridgehead atoms. The molecule has 0 aliphatic carbocycles. The lowest BCUT2D eigenvalue weighted by Crippen LogP contribution is -2.18. The molecule has 0 saturated carbocycles. The number of hydrogen-bond acceptors (Lipinski definition) is 6. The Labute approximate surface area is 155 Å². The van der Waals surface area contributed by atoms with E-state index in [1.807, 2.05) is 12.1 Å². The normalized spacial score (nSPS) is 15.7. The van der Waals surface area contributed by atoms with Gasteiger partial charge < -0.3 is 29.2 Å². The van der Waals surface area contributed by atoms with Gasteiger partial charge in [-0.3, -0.25) is 0 Å². The number of fused-ring (bicyclic) bond motifs is 2. The predicted octanol–water partition coefficient (Wildman–Crippen LogP) is 2.46. The Bertz CT molecular complexity index is 903. The van der Waals surface area contributed by atoms with E-state index in [1.165, 1.54) is 0 Å². The molecule has 0 saturated heterocycles. The van der Waals surface area contributed by atoms with E-state index in [0.29, 0.717) is 35.0 Å². The maximum Gasteiger partial charge on any atom is 0.331 e. The van der Waals surface area contributed by atoms with Crippen LogP contribution in [0.1, 0.15) is 11.1 Å². The molecular formula is C20H18O7. The van der Waals surface area contributed by atoms with E-state index >= 15 is 0 Å². The van der Waals surface area contributed by atoms with Crippen LogP contribution in [-0.4, -0.2) is 36.4 Å². The summed E-state index contributed by atoms with van der Waals surface area (Å²) in [4.78, 5) is 11.8. The summed E-state index contributed by atoms with van der Waals surface area (Å²) >= 11 is 0. The van der Waals surface area contributed by atoms with Gasteiger partial charge in [0, 0.05) is 11.5 Å². The van der Waals surface area contributed by atoms with Crippen molar-refractivity contribution in [1.29, 1.82) is 0 Å². The van der Waals surface area contributed by atoms with Crippen molar-refractivity contribution in [3.63, 3.8) is 0 Å². The van der Waals surface area contributed by atoms with E-state index < -0.39 is 11.9 Å². The molecule has 2 heterocycles. The highest BCUT2D eigenvalue weighted by molar-refractivity contribution is 5.93. The average Bonchev–Trinajstić information content (AvgIpc) is 3.32. The van der Waals surface area contributed by atoms with E-state index in [0.717, 1.165) is 5.56 Å². The van der Waals surface area contributed by atoms with Crippen LogP contribution in [0.25, 0.3) is 6.08 Å². The zero-order chi connectivity index (χ0) is 18.8. The molecule has 2 aliphatic heterocycles. The van der Waals surface area contributed by atoms with Gasteiger partial charge >= 0.3 is 5.97 Å². The zero-order valence-corrected chi connectivity index (χ0v) is 14.4. The number of aliphatic carboxylic acids is 1. The third-order valence-electron chi connectivity index (χ3n) is 4.55. The maximum atomic E-state index is 11.8. The number of ether oxygens (including phenoxy) is 4. The highest BCUT2D eigenvalue weighted by atomic mass is 16.7. The summed E-state index contributed by atoms with van der Waals surface area (Å²) in [7, 11) is 0. The van der Waals surface area contributed by atoms with Gasteiger partial charge in [0.1, 0.15) is 0 Å². The standard InChI is InChI=1S/C20H18O7/c21-9-14(5-12-1-3-16-18(7-12)26-10-24-16)15(20(22)23)6-13-2-4-17-19(8-13)27-11-25-17/h1-4,6-8,14,21H,5,9-11H2,(H,22,23). The first-order valence-corrected chi connectivity index (χ1v) is 8.48. The van der Waals surface area contributed by atoms with Gasteiger partial charge in [0.25, 0.3) is 0 Å². The molecule has 2 aromatic carbocycles. The highest BCUT2D eigenvalue weighted by Crippen LogP contribution is 2.35. The van der Waals surface area contributed by atoms with Crippen molar-refractivity contribution >= 4 is 12.0 Å². The molecule has 7 nitrogen and oxygen atoms in total. The summed E-state index contributed by atoms with van der Waals surface area (Å²) in [5.74, 6) is 0.836. The molecule has 2 N–H and O–H groups in total. The molecule has 4 rings (SSSR count). The average molecular weight is 370 g/mol. The number of hydrogen-bond donors (Lipinski definition) is 2. The summed E-state index contributed by atoms with van der Waals surface area (Å²) in [5, 5.41) is 19.5. The number of carboxylic acid groups (broad SMARTS) is 1. The van der Waals surface area contributed by atoms with Crippen LogP contribution in [0.15, 0.2) is 42.0 Å². The summed E-state index contributed by atoms with van der Waals surface area (Å²) in [6.45, 7) is 0.0292. The van der Waals surface area contributed by atoms with E-state index in [1.54, 1.807) is 30.3 Å². The third-order valence-corrected chi connectivity index (χ3v) is 4.55. The quantitative estimate of drug-likeness (QED) is 0.754. The highest BCUT2D eigenvalue weighted by Gasteiger charge is 2.23. The van der Waals surface area contributed by atoms with Crippen LogP contribution in [0.5, 0.6) is 23.0 Å². The molecule has 0 spiro atoms. The van der Waals surface area contributed by atoms with Crippen molar-refractivity contribution in [3.8, 4) is 23.0 Å². The van der Waals surface area contributed by atoms with Crippen LogP contribution in [0.4, 0.5) is 0 Å². The van der Waals surface area contributed by atoms with Gasteiger partial charge in [-0.2, -0.15) is 0 Å². The minimum absolute atomic E-state index is 0.119. The maximum absolute atomic E-state index is 11.8. The minimum Gasteiger partial charge on any atom is -0.478 e. The monoisotopic (exact) mass is 370 g/mol. The molecule has 0 aromatic heterocycles. The smallest absolute Gasteiger partial charge is 0.331 e. The minimum atomic E-state index is -1.08. The summed E-state index contributed by atoms with van der Waals surface area (Å²) < 4.78 is 21.2. The van der Waals surface area contributed by atoms with Gasteiger partial charge in [0.2, 0.25) is 13.6 Å². The van der Waals surface area contributed by atoms with Crippen molar-refractivity contribution in [2.45, 2.75) is 6.42 Å². The second-order valence-electron chi connectivity index (χ2n) is 6.29. The topological polar surface area (TPSA) is 94.5 Å². The van der Waals surface area contributed by atoms with Crippen LogP contribution in [0.3, 0.4) is 0 Å². The van der Waals surface area contributed by atoms with Gasteiger partial charge in [-0.25, -0.2) is 4.79 Å². The Balaban J connectivity index is 1.60. The van der Waals surface area contributed by atoms with Gasteiger partial charge in [0.15, 0.2) is 23.0 Å². The number of aliphatic hydroxyl groups is 1. The molecule has 0 radical (unpaired) electrons. The molecule has 0 fully saturated rings. The van der Waals surface area contributed by atoms with Crippen molar-refractivity contribution in [2.24, 2.45) is 5.92 Å². The first-order chi connectivity index (χ1) is 13.1. The van der Waals surface area contributed by atoms with Crippen LogP contribution in [-0.2, 0) is 11.2 Å². The fourth-order valence-corrected chi connectivity index (χ4v) is 3.16. The predicted molar refractivity (Wildman–Crippen MR) is 95.0 cm³/mol. The first kappa shape index (κ1) is 17.2. The Morgan fingerprint density at radius 3 is 2.26 bits per heavy atom. The van der Waals surface area contributed by atoms with Crippen LogP contribution >= 0.6 is 0 Å². The zero-order valence-electron chi connectivity index (χ0n) is 14.4. The molecule has 0 amide bonds. The van der Waals surface area contributed by atoms with Gasteiger partial charge in [-0.1, -0.05) is 12.1 Å². The molecule has 2 aliphatic rings. The van der Waals surface area contributed by atoms with E-state index in [4.69, 9.17) is 18.9 Å². The molecule has 7 heteroatoms. The summed E-state index contributed by atoms with van der Waals surface area (Å²) in [6.07, 6.45) is 1.91. The van der Waals surface area contributed by atoms with Crippen LogP contribution < -0.4 is 18.9 Å². The Morgan fingerprint density at radius 1 is 0.963 bits per heavy atom. The molecule has 1 atom stereocenters. The molecule has 27 heavy (non-hydrogen) atoms. The van der Waals surface area contributed by atoms with E-state index in [-0.39, 0.29) is 25.8 Å². The van der Waals surface area contributed by atoms with Crippen molar-refractivity contribution < 1.29 is 34.0 Å². The molecule has 1 unspecified atom stereocenters. The summed E-state index contributed by atoms with van der Waals surface area (Å²) in [5.41, 5.74) is 1.64. The SMILES string of the molecule is O=C(O)C(=Cc1ccc2c(c1)OCO2)C(CO)Cc1ccc2c(c1)OCO2. The van der Waals surface area contributed by atoms with Crippen molar-refractivity contribution in [1.82, 2.24) is 0 Å². The molecule has 2 aromatic rings. The van der Waals surface area contributed by atoms with Gasteiger partial charge in [0.05, 0.1) is 6.61 Å². The lowest BCUT2D eigenvalue weighted by atomic mass is 9.90. The van der Waals surface area contributed by atoms with Crippen molar-refractivity contribution in [2.75, 3.05) is 20.2 Å². The number of carbonyl (C=O) groups is 1. The molecule has 140 valence electrons. The van der Waals surface area contributed by atoms with Gasteiger partial charge in [-0.15, -0.1) is 0 Å². The lowest BCUT2D eigenvalue weighted by Gasteiger charge is -2.16. The molecular weight excluding hydrogens is 352 g/mol. The first-order valence-electron chi connectivity index (χ1n) is 8.48. The van der Waals surface area contributed by atoms with Crippen LogP contribution in [0, 0.1) is 5.92 Å². The third kappa shape index (κ3) is 3.54. The van der Waals surface area contributed by atoms with Crippen molar-refractivity contribution in [3.05, 3.63) is 53.1 Å². The fraction of sp³-hybridized carbons (Fsp3) is 0.250. The number of carboxylic acids is 1. The fourth-order valence-electron chi connectivity index (χ4n) is 3.16. The Kier molecular flexibility index (Phi) is 4.60.